The summed E-state index contributed by atoms with van der Waals surface area (Å²) in [5, 5.41) is 20.1. The second-order valence-electron chi connectivity index (χ2n) is 5.24. The monoisotopic (exact) mass is 340 g/mol. The molecule has 24 heavy (non-hydrogen) atoms. The van der Waals surface area contributed by atoms with Gasteiger partial charge in [-0.25, -0.2) is 4.79 Å². The fourth-order valence-corrected chi connectivity index (χ4v) is 2.44. The molecule has 9 heteroatoms. The number of carboxylic acids is 1. The summed E-state index contributed by atoms with van der Waals surface area (Å²) in [6, 6.07) is 2.20. The van der Waals surface area contributed by atoms with Crippen molar-refractivity contribution in [3.05, 3.63) is 27.8 Å². The van der Waals surface area contributed by atoms with Gasteiger partial charge in [0.1, 0.15) is 5.56 Å². The number of aromatic carboxylic acids is 1. The van der Waals surface area contributed by atoms with E-state index < -0.39 is 22.1 Å². The number of ether oxygens (including phenoxy) is 3. The Kier molecular flexibility index (Phi) is 6.33. The van der Waals surface area contributed by atoms with Crippen molar-refractivity contribution in [3.8, 4) is 11.5 Å². The molecule has 0 radical (unpaired) electrons. The van der Waals surface area contributed by atoms with Gasteiger partial charge in [-0.1, -0.05) is 0 Å². The standard InChI is InChI=1S/C15H20N2O7/c1-22-13-10-12(17(20)21)11(15(18)19)9-14(13)24-6-2-3-16-4-7-23-8-5-16/h9-10H,2-8H2,1H3,(H,18,19). The summed E-state index contributed by atoms with van der Waals surface area (Å²) in [5.74, 6) is -1.07. The molecule has 132 valence electrons. The van der Waals surface area contributed by atoms with Crippen LogP contribution in [-0.4, -0.2) is 67.5 Å². The predicted molar refractivity (Wildman–Crippen MR) is 84.0 cm³/mol. The first-order chi connectivity index (χ1) is 11.5. The van der Waals surface area contributed by atoms with Crippen molar-refractivity contribution in [1.82, 2.24) is 4.90 Å². The van der Waals surface area contributed by atoms with Gasteiger partial charge in [0.2, 0.25) is 0 Å². The van der Waals surface area contributed by atoms with Crippen LogP contribution >= 0.6 is 0 Å². The first-order valence-electron chi connectivity index (χ1n) is 7.55. The number of nitro benzene ring substituents is 1. The maximum atomic E-state index is 11.2. The van der Waals surface area contributed by atoms with Gasteiger partial charge in [0.05, 0.1) is 37.9 Å². The minimum absolute atomic E-state index is 0.137. The molecular weight excluding hydrogens is 320 g/mol. The zero-order chi connectivity index (χ0) is 17.5. The molecule has 1 aliphatic heterocycles. The SMILES string of the molecule is COc1cc([N+](=O)[O-])c(C(=O)O)cc1OCCCN1CCOCC1. The summed E-state index contributed by atoms with van der Waals surface area (Å²) in [6.07, 6.45) is 0.739. The second kappa shape index (κ2) is 8.46. The Morgan fingerprint density at radius 1 is 1.38 bits per heavy atom. The average Bonchev–Trinajstić information content (AvgIpc) is 2.58. The molecule has 2 rings (SSSR count). The molecule has 0 aromatic heterocycles. The van der Waals surface area contributed by atoms with E-state index in [4.69, 9.17) is 19.3 Å². The second-order valence-corrected chi connectivity index (χ2v) is 5.24. The summed E-state index contributed by atoms with van der Waals surface area (Å²) in [6.45, 7) is 4.39. The number of methoxy groups -OCH3 is 1. The highest BCUT2D eigenvalue weighted by molar-refractivity contribution is 5.93. The van der Waals surface area contributed by atoms with Gasteiger partial charge in [-0.15, -0.1) is 0 Å². The highest BCUT2D eigenvalue weighted by Gasteiger charge is 2.24. The van der Waals surface area contributed by atoms with Crippen LogP contribution in [0.2, 0.25) is 0 Å². The van der Waals surface area contributed by atoms with Gasteiger partial charge in [-0.2, -0.15) is 0 Å². The van der Waals surface area contributed by atoms with E-state index >= 15 is 0 Å². The number of benzene rings is 1. The van der Waals surface area contributed by atoms with Crippen molar-refractivity contribution in [3.63, 3.8) is 0 Å². The fraction of sp³-hybridized carbons (Fsp3) is 0.533. The van der Waals surface area contributed by atoms with E-state index in [2.05, 4.69) is 4.90 Å². The van der Waals surface area contributed by atoms with Crippen molar-refractivity contribution in [2.24, 2.45) is 0 Å². The molecule has 1 N–H and O–H groups in total. The van der Waals surface area contributed by atoms with Crippen LogP contribution in [0.5, 0.6) is 11.5 Å². The van der Waals surface area contributed by atoms with Gasteiger partial charge in [0.25, 0.3) is 5.69 Å². The lowest BCUT2D eigenvalue weighted by atomic mass is 10.1. The summed E-state index contributed by atoms with van der Waals surface area (Å²) in [4.78, 5) is 23.7. The molecular formula is C15H20N2O7. The van der Waals surface area contributed by atoms with Gasteiger partial charge in [0, 0.05) is 25.7 Å². The molecule has 0 atom stereocenters. The molecule has 1 aromatic rings. The van der Waals surface area contributed by atoms with E-state index in [-0.39, 0.29) is 11.5 Å². The first-order valence-corrected chi connectivity index (χ1v) is 7.55. The lowest BCUT2D eigenvalue weighted by molar-refractivity contribution is -0.385. The average molecular weight is 340 g/mol. The lowest BCUT2D eigenvalue weighted by Crippen LogP contribution is -2.37. The number of hydrogen-bond acceptors (Lipinski definition) is 7. The van der Waals surface area contributed by atoms with Gasteiger partial charge < -0.3 is 19.3 Å². The normalized spacial score (nSPS) is 15.0. The molecule has 0 saturated carbocycles. The van der Waals surface area contributed by atoms with E-state index in [1.165, 1.54) is 7.11 Å². The Morgan fingerprint density at radius 2 is 2.08 bits per heavy atom. The molecule has 0 bridgehead atoms. The Hall–Kier alpha value is -2.39. The lowest BCUT2D eigenvalue weighted by Gasteiger charge is -2.26. The zero-order valence-electron chi connectivity index (χ0n) is 13.4. The van der Waals surface area contributed by atoms with E-state index in [1.54, 1.807) is 0 Å². The minimum Gasteiger partial charge on any atom is -0.493 e. The van der Waals surface area contributed by atoms with Crippen LogP contribution in [0.3, 0.4) is 0 Å². The van der Waals surface area contributed by atoms with E-state index in [0.29, 0.717) is 6.61 Å². The van der Waals surface area contributed by atoms with Crippen LogP contribution in [0.15, 0.2) is 12.1 Å². The van der Waals surface area contributed by atoms with Gasteiger partial charge in [0.15, 0.2) is 11.5 Å². The highest BCUT2D eigenvalue weighted by atomic mass is 16.6. The summed E-state index contributed by atoms with van der Waals surface area (Å²) in [7, 11) is 1.35. The summed E-state index contributed by atoms with van der Waals surface area (Å²) >= 11 is 0. The number of carboxylic acid groups (broad SMARTS) is 1. The largest absolute Gasteiger partial charge is 0.493 e. The molecule has 1 saturated heterocycles. The number of morpholine rings is 1. The molecule has 0 unspecified atom stereocenters. The molecule has 0 aliphatic carbocycles. The van der Waals surface area contributed by atoms with Crippen molar-refractivity contribution in [2.45, 2.75) is 6.42 Å². The third-order valence-electron chi connectivity index (χ3n) is 3.69. The fourth-order valence-electron chi connectivity index (χ4n) is 2.44. The van der Waals surface area contributed by atoms with Gasteiger partial charge in [-0.3, -0.25) is 15.0 Å². The smallest absolute Gasteiger partial charge is 0.342 e. The first kappa shape index (κ1) is 18.0. The van der Waals surface area contributed by atoms with Gasteiger partial charge >= 0.3 is 5.97 Å². The van der Waals surface area contributed by atoms with E-state index in [1.807, 2.05) is 0 Å². The topological polar surface area (TPSA) is 111 Å². The zero-order valence-corrected chi connectivity index (χ0v) is 13.4. The molecule has 1 aromatic carbocycles. The predicted octanol–water partition coefficient (Wildman–Crippen LogP) is 1.40. The van der Waals surface area contributed by atoms with Crippen molar-refractivity contribution in [1.29, 1.82) is 0 Å². The number of nitrogens with zero attached hydrogens (tertiary/aromatic N) is 2. The number of rotatable bonds is 8. The van der Waals surface area contributed by atoms with Crippen LogP contribution in [0.1, 0.15) is 16.8 Å². The number of carbonyl (C=O) groups is 1. The molecule has 0 amide bonds. The molecule has 9 nitrogen and oxygen atoms in total. The van der Waals surface area contributed by atoms with Crippen LogP contribution in [-0.2, 0) is 4.74 Å². The molecule has 1 heterocycles. The number of hydrogen-bond donors (Lipinski definition) is 1. The Morgan fingerprint density at radius 3 is 2.67 bits per heavy atom. The quantitative estimate of drug-likeness (QED) is 0.429. The van der Waals surface area contributed by atoms with Crippen molar-refractivity contribution < 1.29 is 29.0 Å². The third kappa shape index (κ3) is 4.56. The highest BCUT2D eigenvalue weighted by Crippen LogP contribution is 2.34. The van der Waals surface area contributed by atoms with Crippen LogP contribution < -0.4 is 9.47 Å². The van der Waals surface area contributed by atoms with Crippen LogP contribution in [0.25, 0.3) is 0 Å². The number of nitro groups is 1. The Labute approximate surface area is 138 Å². The Balaban J connectivity index is 2.01. The summed E-state index contributed by atoms with van der Waals surface area (Å²) < 4.78 is 15.9. The molecule has 0 spiro atoms. The summed E-state index contributed by atoms with van der Waals surface area (Å²) in [5.41, 5.74) is -0.955. The minimum atomic E-state index is -1.39. The van der Waals surface area contributed by atoms with E-state index in [0.717, 1.165) is 51.4 Å². The van der Waals surface area contributed by atoms with Gasteiger partial charge in [-0.05, 0) is 6.42 Å². The molecule has 1 aliphatic rings. The van der Waals surface area contributed by atoms with Crippen molar-refractivity contribution >= 4 is 11.7 Å². The maximum Gasteiger partial charge on any atom is 0.342 e. The molecule has 1 fully saturated rings. The third-order valence-corrected chi connectivity index (χ3v) is 3.69. The van der Waals surface area contributed by atoms with Crippen LogP contribution in [0, 0.1) is 10.1 Å². The van der Waals surface area contributed by atoms with Crippen LogP contribution in [0.4, 0.5) is 5.69 Å². The maximum absolute atomic E-state index is 11.2. The van der Waals surface area contributed by atoms with Crippen molar-refractivity contribution in [2.75, 3.05) is 46.6 Å². The Bertz CT molecular complexity index is 600. The van der Waals surface area contributed by atoms with E-state index in [9.17, 15) is 14.9 Å².